The van der Waals surface area contributed by atoms with Crippen molar-refractivity contribution in [3.63, 3.8) is 0 Å². The van der Waals surface area contributed by atoms with Gasteiger partial charge in [0, 0.05) is 0 Å². The molecule has 1 nitrogen and oxygen atoms in total. The number of nitrogens with one attached hydrogen (secondary N) is 1. The summed E-state index contributed by atoms with van der Waals surface area (Å²) in [6.07, 6.45) is 1.17. The molecular weight excluding hydrogens is 194 g/mol. The molecule has 0 aliphatic heterocycles. The van der Waals surface area contributed by atoms with Crippen molar-refractivity contribution in [3.8, 4) is 0 Å². The van der Waals surface area contributed by atoms with Gasteiger partial charge in [0.25, 0.3) is 0 Å². The maximum Gasteiger partial charge on any atom is -0.00201 e. The van der Waals surface area contributed by atoms with Crippen molar-refractivity contribution in [1.29, 1.82) is 0 Å². The van der Waals surface area contributed by atoms with Crippen molar-refractivity contribution < 1.29 is 0 Å². The van der Waals surface area contributed by atoms with Gasteiger partial charge in [0.05, 0.1) is 0 Å². The Hall–Kier alpha value is -0.820. The van der Waals surface area contributed by atoms with E-state index >= 15 is 0 Å². The zero-order valence-corrected chi connectivity index (χ0v) is 11.1. The van der Waals surface area contributed by atoms with Crippen LogP contribution in [0.25, 0.3) is 0 Å². The van der Waals surface area contributed by atoms with Gasteiger partial charge in [-0.1, -0.05) is 52.0 Å². The van der Waals surface area contributed by atoms with Crippen LogP contribution in [0.15, 0.2) is 24.3 Å². The van der Waals surface area contributed by atoms with Gasteiger partial charge < -0.3 is 5.32 Å². The molecule has 0 heterocycles. The summed E-state index contributed by atoms with van der Waals surface area (Å²) in [6, 6.07) is 9.08. The van der Waals surface area contributed by atoms with Crippen LogP contribution in [0.4, 0.5) is 0 Å². The largest absolute Gasteiger partial charge is 0.317 e. The van der Waals surface area contributed by atoms with E-state index in [1.807, 2.05) is 0 Å². The van der Waals surface area contributed by atoms with E-state index in [4.69, 9.17) is 0 Å². The Balaban J connectivity index is 2.48. The summed E-state index contributed by atoms with van der Waals surface area (Å²) in [6.45, 7) is 11.1. The van der Waals surface area contributed by atoms with Gasteiger partial charge in [-0.2, -0.15) is 0 Å². The Morgan fingerprint density at radius 3 is 2.19 bits per heavy atom. The van der Waals surface area contributed by atoms with Crippen LogP contribution in [-0.2, 0) is 6.42 Å². The third kappa shape index (κ3) is 4.36. The van der Waals surface area contributed by atoms with Gasteiger partial charge in [-0.15, -0.1) is 0 Å². The van der Waals surface area contributed by atoms with E-state index in [2.05, 4.69) is 57.3 Å². The fourth-order valence-corrected chi connectivity index (χ4v) is 1.90. The van der Waals surface area contributed by atoms with Gasteiger partial charge in [0.1, 0.15) is 0 Å². The first-order valence-electron chi connectivity index (χ1n) is 6.43. The van der Waals surface area contributed by atoms with Crippen LogP contribution < -0.4 is 5.32 Å². The average Bonchev–Trinajstić information content (AvgIpc) is 2.27. The number of benzene rings is 1. The minimum absolute atomic E-state index is 0.633. The van der Waals surface area contributed by atoms with Crippen molar-refractivity contribution in [2.45, 2.75) is 40.0 Å². The van der Waals surface area contributed by atoms with E-state index in [1.165, 1.54) is 17.5 Å². The molecule has 1 rings (SSSR count). The summed E-state index contributed by atoms with van der Waals surface area (Å²) in [4.78, 5) is 0. The van der Waals surface area contributed by atoms with Crippen molar-refractivity contribution in [1.82, 2.24) is 5.32 Å². The molecule has 0 bridgehead atoms. The molecule has 16 heavy (non-hydrogen) atoms. The first-order chi connectivity index (χ1) is 7.63. The van der Waals surface area contributed by atoms with Gasteiger partial charge in [-0.05, 0) is 42.5 Å². The van der Waals surface area contributed by atoms with Crippen molar-refractivity contribution in [3.05, 3.63) is 35.4 Å². The van der Waals surface area contributed by atoms with Crippen molar-refractivity contribution in [2.75, 3.05) is 13.1 Å². The van der Waals surface area contributed by atoms with Gasteiger partial charge in [-0.25, -0.2) is 0 Å². The highest BCUT2D eigenvalue weighted by Crippen LogP contribution is 2.16. The molecule has 0 amide bonds. The van der Waals surface area contributed by atoms with E-state index in [0.29, 0.717) is 11.8 Å². The van der Waals surface area contributed by atoms with E-state index < -0.39 is 0 Å². The molecule has 1 aromatic carbocycles. The first kappa shape index (κ1) is 13.2. The zero-order chi connectivity index (χ0) is 12.0. The lowest BCUT2D eigenvalue weighted by atomic mass is 9.97. The minimum Gasteiger partial charge on any atom is -0.317 e. The Morgan fingerprint density at radius 1 is 1.06 bits per heavy atom. The standard InChI is InChI=1S/C15H25N/c1-5-16-11-13(4)10-14-6-8-15(9-7-14)12(2)3/h6-9,12-13,16H,5,10-11H2,1-4H3. The van der Waals surface area contributed by atoms with Crippen LogP contribution in [0, 0.1) is 5.92 Å². The molecule has 0 radical (unpaired) electrons. The molecule has 0 saturated carbocycles. The van der Waals surface area contributed by atoms with E-state index in [1.54, 1.807) is 0 Å². The van der Waals surface area contributed by atoms with Crippen LogP contribution in [-0.4, -0.2) is 13.1 Å². The van der Waals surface area contributed by atoms with E-state index in [0.717, 1.165) is 13.1 Å². The third-order valence-electron chi connectivity index (χ3n) is 2.97. The Morgan fingerprint density at radius 2 is 1.69 bits per heavy atom. The van der Waals surface area contributed by atoms with E-state index in [-0.39, 0.29) is 0 Å². The number of rotatable bonds is 6. The molecule has 1 N–H and O–H groups in total. The predicted octanol–water partition coefficient (Wildman–Crippen LogP) is 3.60. The van der Waals surface area contributed by atoms with Gasteiger partial charge in [0.2, 0.25) is 0 Å². The highest BCUT2D eigenvalue weighted by molar-refractivity contribution is 5.24. The summed E-state index contributed by atoms with van der Waals surface area (Å²) in [5.41, 5.74) is 2.89. The smallest absolute Gasteiger partial charge is 0.00201 e. The first-order valence-corrected chi connectivity index (χ1v) is 6.43. The van der Waals surface area contributed by atoms with Crippen LogP contribution in [0.3, 0.4) is 0 Å². The van der Waals surface area contributed by atoms with Crippen molar-refractivity contribution >= 4 is 0 Å². The quantitative estimate of drug-likeness (QED) is 0.771. The monoisotopic (exact) mass is 219 g/mol. The minimum atomic E-state index is 0.633. The lowest BCUT2D eigenvalue weighted by Gasteiger charge is -2.12. The molecule has 1 atom stereocenters. The summed E-state index contributed by atoms with van der Waals surface area (Å²) >= 11 is 0. The fraction of sp³-hybridized carbons (Fsp3) is 0.600. The fourth-order valence-electron chi connectivity index (χ4n) is 1.90. The van der Waals surface area contributed by atoms with Gasteiger partial charge >= 0.3 is 0 Å². The third-order valence-corrected chi connectivity index (χ3v) is 2.97. The molecule has 0 saturated heterocycles. The SMILES string of the molecule is CCNCC(C)Cc1ccc(C(C)C)cc1. The molecular formula is C15H25N. The molecule has 0 aliphatic rings. The lowest BCUT2D eigenvalue weighted by molar-refractivity contribution is 0.521. The highest BCUT2D eigenvalue weighted by Gasteiger charge is 2.04. The van der Waals surface area contributed by atoms with Gasteiger partial charge in [0.15, 0.2) is 0 Å². The summed E-state index contributed by atoms with van der Waals surface area (Å²) in [5.74, 6) is 1.35. The van der Waals surface area contributed by atoms with Crippen LogP contribution >= 0.6 is 0 Å². The molecule has 1 heteroatoms. The maximum absolute atomic E-state index is 3.40. The normalized spacial score (nSPS) is 13.1. The Labute approximate surface area is 100 Å². The second kappa shape index (κ2) is 6.70. The second-order valence-corrected chi connectivity index (χ2v) is 5.01. The van der Waals surface area contributed by atoms with E-state index in [9.17, 15) is 0 Å². The summed E-state index contributed by atoms with van der Waals surface area (Å²) < 4.78 is 0. The molecule has 1 aromatic rings. The van der Waals surface area contributed by atoms with Crippen LogP contribution in [0.1, 0.15) is 44.7 Å². The van der Waals surface area contributed by atoms with Crippen molar-refractivity contribution in [2.24, 2.45) is 5.92 Å². The van der Waals surface area contributed by atoms with Gasteiger partial charge in [-0.3, -0.25) is 0 Å². The summed E-state index contributed by atoms with van der Waals surface area (Å²) in [5, 5.41) is 3.40. The van der Waals surface area contributed by atoms with Crippen LogP contribution in [0.5, 0.6) is 0 Å². The predicted molar refractivity (Wildman–Crippen MR) is 71.9 cm³/mol. The topological polar surface area (TPSA) is 12.0 Å². The zero-order valence-electron chi connectivity index (χ0n) is 11.1. The molecule has 0 fully saturated rings. The lowest BCUT2D eigenvalue weighted by Crippen LogP contribution is -2.21. The number of hydrogen-bond donors (Lipinski definition) is 1. The highest BCUT2D eigenvalue weighted by atomic mass is 14.8. The maximum atomic E-state index is 3.40. The molecule has 90 valence electrons. The van der Waals surface area contributed by atoms with Crippen LogP contribution in [0.2, 0.25) is 0 Å². The Kier molecular flexibility index (Phi) is 5.54. The molecule has 0 aromatic heterocycles. The average molecular weight is 219 g/mol. The number of hydrogen-bond acceptors (Lipinski definition) is 1. The molecule has 0 spiro atoms. The molecule has 1 unspecified atom stereocenters. The Bertz CT molecular complexity index is 287. The molecule has 0 aliphatic carbocycles. The summed E-state index contributed by atoms with van der Waals surface area (Å²) in [7, 11) is 0. The second-order valence-electron chi connectivity index (χ2n) is 5.01.